The number of halogens is 3. The van der Waals surface area contributed by atoms with E-state index in [9.17, 15) is 22.8 Å². The summed E-state index contributed by atoms with van der Waals surface area (Å²) in [6.07, 6.45) is -2.93. The van der Waals surface area contributed by atoms with Gasteiger partial charge in [-0.2, -0.15) is 13.2 Å². The third-order valence-corrected chi connectivity index (χ3v) is 5.81. The highest BCUT2D eigenvalue weighted by Crippen LogP contribution is 2.43. The molecule has 0 amide bonds. The lowest BCUT2D eigenvalue weighted by Gasteiger charge is -2.41. The summed E-state index contributed by atoms with van der Waals surface area (Å²) in [5.74, 6) is -2.47. The van der Waals surface area contributed by atoms with Gasteiger partial charge in [-0.3, -0.25) is 9.59 Å². The van der Waals surface area contributed by atoms with E-state index in [2.05, 4.69) is 25.5 Å². The number of alkyl halides is 3. The number of hydrogen-bond acceptors (Lipinski definition) is 4. The molecule has 166 valence electrons. The largest absolute Gasteiger partial charge is 0.458 e. The number of ether oxygens (including phenoxy) is 2. The van der Waals surface area contributed by atoms with Crippen LogP contribution < -0.4 is 0 Å². The van der Waals surface area contributed by atoms with Crippen LogP contribution >= 0.6 is 0 Å². The van der Waals surface area contributed by atoms with Gasteiger partial charge in [0.05, 0.1) is 11.3 Å². The average molecular weight is 411 g/mol. The molecule has 0 bridgehead atoms. The van der Waals surface area contributed by atoms with Gasteiger partial charge < -0.3 is 9.47 Å². The van der Waals surface area contributed by atoms with Gasteiger partial charge in [-0.15, -0.1) is 0 Å². The molecule has 0 rings (SSSR count). The van der Waals surface area contributed by atoms with Crippen LogP contribution in [0.25, 0.3) is 0 Å². The first-order chi connectivity index (χ1) is 12.4. The highest BCUT2D eigenvalue weighted by atomic mass is 19.4. The highest BCUT2D eigenvalue weighted by molar-refractivity contribution is 5.79. The van der Waals surface area contributed by atoms with Gasteiger partial charge in [0.2, 0.25) is 0 Å². The molecule has 0 aliphatic heterocycles. The Labute approximate surface area is 167 Å². The Balaban J connectivity index is 5.49. The number of carbonyl (C=O) groups excluding carboxylic acids is 2. The molecule has 0 aromatic heterocycles. The Hall–Kier alpha value is -1.27. The molecule has 0 fully saturated rings. The average Bonchev–Trinajstić information content (AvgIpc) is 2.51. The van der Waals surface area contributed by atoms with Gasteiger partial charge in [0.15, 0.2) is 6.61 Å². The fourth-order valence-electron chi connectivity index (χ4n) is 3.25. The van der Waals surface area contributed by atoms with E-state index in [1.54, 1.807) is 20.8 Å². The van der Waals surface area contributed by atoms with Gasteiger partial charge in [-0.05, 0) is 44.9 Å². The summed E-state index contributed by atoms with van der Waals surface area (Å²) >= 11 is 0. The fourth-order valence-corrected chi connectivity index (χ4v) is 3.25. The van der Waals surface area contributed by atoms with Crippen LogP contribution in [0.4, 0.5) is 13.2 Å². The van der Waals surface area contributed by atoms with E-state index in [1.807, 2.05) is 20.8 Å². The van der Waals surface area contributed by atoms with Crippen LogP contribution in [0.5, 0.6) is 0 Å². The van der Waals surface area contributed by atoms with Crippen molar-refractivity contribution in [1.82, 2.24) is 0 Å². The Morgan fingerprint density at radius 2 is 1.46 bits per heavy atom. The molecule has 0 saturated heterocycles. The molecule has 2 atom stereocenters. The molecule has 0 saturated carbocycles. The minimum atomic E-state index is -4.60. The van der Waals surface area contributed by atoms with Gasteiger partial charge in [0.25, 0.3) is 0 Å². The van der Waals surface area contributed by atoms with Crippen LogP contribution in [0.3, 0.4) is 0 Å². The van der Waals surface area contributed by atoms with Crippen molar-refractivity contribution in [3.63, 3.8) is 0 Å². The van der Waals surface area contributed by atoms with Gasteiger partial charge in [-0.25, -0.2) is 0 Å². The molecule has 0 heterocycles. The quantitative estimate of drug-likeness (QED) is 0.419. The van der Waals surface area contributed by atoms with Crippen LogP contribution in [-0.4, -0.2) is 30.3 Å². The molecule has 4 nitrogen and oxygen atoms in total. The van der Waals surface area contributed by atoms with Crippen LogP contribution in [0, 0.1) is 22.7 Å². The number of rotatable bonds is 10. The van der Waals surface area contributed by atoms with Crippen molar-refractivity contribution >= 4 is 11.9 Å². The second-order valence-electron chi connectivity index (χ2n) is 9.44. The summed E-state index contributed by atoms with van der Waals surface area (Å²) in [6, 6.07) is 0. The normalized spacial score (nSPS) is 16.5. The zero-order chi connectivity index (χ0) is 22.6. The van der Waals surface area contributed by atoms with Crippen molar-refractivity contribution in [2.75, 3.05) is 6.61 Å². The van der Waals surface area contributed by atoms with Crippen molar-refractivity contribution < 1.29 is 32.2 Å². The van der Waals surface area contributed by atoms with Crippen LogP contribution in [0.2, 0.25) is 0 Å². The van der Waals surface area contributed by atoms with E-state index in [0.29, 0.717) is 6.42 Å². The molecule has 0 aliphatic rings. The van der Waals surface area contributed by atoms with E-state index < -0.39 is 41.7 Å². The van der Waals surface area contributed by atoms with Crippen molar-refractivity contribution in [3.05, 3.63) is 0 Å². The number of esters is 2. The van der Waals surface area contributed by atoms with Crippen molar-refractivity contribution in [3.8, 4) is 0 Å². The standard InChI is InChI=1S/C21H37F3O4/c1-10-15(16(25)27-13-21(22,23)24)19(7,8)28-17(26)20(9,14(3)4)12-18(5,6)11-2/h14-15H,10-13H2,1-9H3. The number of hydrogen-bond donors (Lipinski definition) is 0. The predicted octanol–water partition coefficient (Wildman–Crippen LogP) is 5.93. The highest BCUT2D eigenvalue weighted by Gasteiger charge is 2.47. The molecule has 0 aromatic carbocycles. The van der Waals surface area contributed by atoms with Gasteiger partial charge in [-0.1, -0.05) is 48.0 Å². The van der Waals surface area contributed by atoms with Crippen molar-refractivity contribution in [1.29, 1.82) is 0 Å². The third kappa shape index (κ3) is 7.63. The van der Waals surface area contributed by atoms with Crippen molar-refractivity contribution in [2.24, 2.45) is 22.7 Å². The maximum absolute atomic E-state index is 13.1. The summed E-state index contributed by atoms with van der Waals surface area (Å²) in [4.78, 5) is 25.3. The van der Waals surface area contributed by atoms with E-state index in [4.69, 9.17) is 4.74 Å². The maximum Gasteiger partial charge on any atom is 0.422 e. The van der Waals surface area contributed by atoms with Crippen LogP contribution in [-0.2, 0) is 19.1 Å². The molecule has 28 heavy (non-hydrogen) atoms. The molecule has 0 aliphatic carbocycles. The van der Waals surface area contributed by atoms with E-state index >= 15 is 0 Å². The molecule has 0 aromatic rings. The Morgan fingerprint density at radius 1 is 0.964 bits per heavy atom. The van der Waals surface area contributed by atoms with E-state index in [0.717, 1.165) is 6.42 Å². The summed E-state index contributed by atoms with van der Waals surface area (Å²) in [6.45, 7) is 15.0. The van der Waals surface area contributed by atoms with Gasteiger partial charge >= 0.3 is 18.1 Å². The third-order valence-electron chi connectivity index (χ3n) is 5.81. The molecule has 0 radical (unpaired) electrons. The minimum Gasteiger partial charge on any atom is -0.458 e. The molecular formula is C21H37F3O4. The Bertz CT molecular complexity index is 538. The van der Waals surface area contributed by atoms with E-state index in [1.165, 1.54) is 0 Å². The van der Waals surface area contributed by atoms with Gasteiger partial charge in [0.1, 0.15) is 5.60 Å². The van der Waals surface area contributed by atoms with E-state index in [-0.39, 0.29) is 17.8 Å². The zero-order valence-corrected chi connectivity index (χ0v) is 18.8. The Kier molecular flexibility index (Phi) is 9.06. The fraction of sp³-hybridized carbons (Fsp3) is 0.905. The summed E-state index contributed by atoms with van der Waals surface area (Å²) in [5.41, 5.74) is -2.16. The first-order valence-electron chi connectivity index (χ1n) is 9.88. The summed E-state index contributed by atoms with van der Waals surface area (Å²) in [7, 11) is 0. The first kappa shape index (κ1) is 26.7. The zero-order valence-electron chi connectivity index (χ0n) is 18.8. The minimum absolute atomic E-state index is 0.0149. The number of carbonyl (C=O) groups is 2. The summed E-state index contributed by atoms with van der Waals surface area (Å²) < 4.78 is 47.2. The Morgan fingerprint density at radius 3 is 1.82 bits per heavy atom. The lowest BCUT2D eigenvalue weighted by Crippen LogP contribution is -2.47. The second-order valence-corrected chi connectivity index (χ2v) is 9.44. The molecular weight excluding hydrogens is 373 g/mol. The van der Waals surface area contributed by atoms with Crippen molar-refractivity contribution in [2.45, 2.75) is 93.4 Å². The van der Waals surface area contributed by atoms with Gasteiger partial charge in [0, 0.05) is 0 Å². The summed E-state index contributed by atoms with van der Waals surface area (Å²) in [5, 5.41) is 0. The van der Waals surface area contributed by atoms with Crippen LogP contribution in [0.1, 0.15) is 81.6 Å². The maximum atomic E-state index is 13.1. The monoisotopic (exact) mass is 410 g/mol. The predicted molar refractivity (Wildman–Crippen MR) is 103 cm³/mol. The molecule has 0 spiro atoms. The lowest BCUT2D eigenvalue weighted by atomic mass is 9.67. The molecule has 0 N–H and O–H groups in total. The second kappa shape index (κ2) is 9.49. The first-order valence-corrected chi connectivity index (χ1v) is 9.88. The topological polar surface area (TPSA) is 52.6 Å². The van der Waals surface area contributed by atoms with Crippen LogP contribution in [0.15, 0.2) is 0 Å². The SMILES string of the molecule is CCC(C(=O)OCC(F)(F)F)C(C)(C)OC(=O)C(C)(CC(C)(C)CC)C(C)C. The smallest absolute Gasteiger partial charge is 0.422 e. The molecule has 7 heteroatoms. The molecule has 2 unspecified atom stereocenters. The lowest BCUT2D eigenvalue weighted by molar-refractivity contribution is -0.200.